The first-order valence-electron chi connectivity index (χ1n) is 13.4. The van der Waals surface area contributed by atoms with E-state index < -0.39 is 0 Å². The third-order valence-corrected chi connectivity index (χ3v) is 6.11. The quantitative estimate of drug-likeness (QED) is 0.0536. The maximum absolute atomic E-state index is 5.87. The van der Waals surface area contributed by atoms with E-state index in [0.717, 1.165) is 37.8 Å². The molecule has 0 aromatic carbocycles. The zero-order valence-electron chi connectivity index (χ0n) is 20.9. The lowest BCUT2D eigenvalue weighted by molar-refractivity contribution is -0.127. The molecule has 1 unspecified atom stereocenters. The summed E-state index contributed by atoms with van der Waals surface area (Å²) in [5.74, 6) is 0. The van der Waals surface area contributed by atoms with E-state index in [1.54, 1.807) is 0 Å². The molecule has 31 heavy (non-hydrogen) atoms. The Hall–Kier alpha value is -0.120. The molecule has 0 aliphatic heterocycles. The first-order chi connectivity index (χ1) is 15.3. The van der Waals surface area contributed by atoms with Gasteiger partial charge in [0.1, 0.15) is 0 Å². The Morgan fingerprint density at radius 2 is 0.968 bits per heavy atom. The van der Waals surface area contributed by atoms with E-state index in [-0.39, 0.29) is 6.29 Å². The van der Waals surface area contributed by atoms with Gasteiger partial charge >= 0.3 is 0 Å². The Balaban J connectivity index is 3.33. The second-order valence-electron chi connectivity index (χ2n) is 8.68. The largest absolute Gasteiger partial charge is 0.352 e. The lowest BCUT2D eigenvalue weighted by atomic mass is 10.1. The summed E-state index contributed by atoms with van der Waals surface area (Å²) in [5.41, 5.74) is 0. The van der Waals surface area contributed by atoms with Crippen molar-refractivity contribution in [2.75, 3.05) is 18.5 Å². The first kappa shape index (κ1) is 30.9. The van der Waals surface area contributed by atoms with E-state index >= 15 is 0 Å². The maximum Gasteiger partial charge on any atom is 0.167 e. The molecule has 0 fully saturated rings. The van der Waals surface area contributed by atoms with E-state index in [1.807, 2.05) is 0 Å². The zero-order chi connectivity index (χ0) is 22.7. The lowest BCUT2D eigenvalue weighted by Crippen LogP contribution is -2.20. The second kappa shape index (κ2) is 27.9. The van der Waals surface area contributed by atoms with Crippen LogP contribution >= 0.6 is 15.9 Å². The normalized spacial score (nSPS) is 13.0. The predicted molar refractivity (Wildman–Crippen MR) is 142 cm³/mol. The molecule has 0 bridgehead atoms. The van der Waals surface area contributed by atoms with Crippen LogP contribution in [0.5, 0.6) is 0 Å². The van der Waals surface area contributed by atoms with Crippen LogP contribution in [0.1, 0.15) is 129 Å². The van der Waals surface area contributed by atoms with E-state index in [0.29, 0.717) is 0 Å². The maximum atomic E-state index is 5.87. The van der Waals surface area contributed by atoms with Crippen molar-refractivity contribution >= 4 is 15.9 Å². The summed E-state index contributed by atoms with van der Waals surface area (Å²) in [4.78, 5) is 0. The summed E-state index contributed by atoms with van der Waals surface area (Å²) >= 11 is 3.51. The zero-order valence-corrected chi connectivity index (χ0v) is 22.5. The van der Waals surface area contributed by atoms with Gasteiger partial charge in [-0.05, 0) is 44.9 Å². The highest BCUT2D eigenvalue weighted by atomic mass is 79.9. The van der Waals surface area contributed by atoms with Crippen molar-refractivity contribution in [3.63, 3.8) is 0 Å². The topological polar surface area (TPSA) is 18.5 Å². The molecule has 0 aliphatic carbocycles. The Labute approximate surface area is 203 Å². The van der Waals surface area contributed by atoms with E-state index in [9.17, 15) is 0 Å². The molecule has 1 atom stereocenters. The van der Waals surface area contributed by atoms with E-state index in [2.05, 4.69) is 54.1 Å². The minimum Gasteiger partial charge on any atom is -0.352 e. The third kappa shape index (κ3) is 26.0. The number of rotatable bonds is 25. The lowest BCUT2D eigenvalue weighted by Gasteiger charge is -2.16. The van der Waals surface area contributed by atoms with Crippen LogP contribution < -0.4 is 0 Å². The second-order valence-corrected chi connectivity index (χ2v) is 9.32. The highest BCUT2D eigenvalue weighted by molar-refractivity contribution is 9.09. The Morgan fingerprint density at radius 3 is 1.48 bits per heavy atom. The fourth-order valence-electron chi connectivity index (χ4n) is 3.54. The van der Waals surface area contributed by atoms with Gasteiger partial charge in [0.2, 0.25) is 0 Å². The molecule has 0 aliphatic rings. The van der Waals surface area contributed by atoms with Gasteiger partial charge in [-0.2, -0.15) is 0 Å². The van der Waals surface area contributed by atoms with E-state index in [4.69, 9.17) is 9.47 Å². The fourth-order valence-corrected chi connectivity index (χ4v) is 3.91. The molecular formula is C28H53BrO2. The van der Waals surface area contributed by atoms with Gasteiger partial charge < -0.3 is 9.47 Å². The highest BCUT2D eigenvalue weighted by Crippen LogP contribution is 2.10. The van der Waals surface area contributed by atoms with Crippen molar-refractivity contribution in [2.24, 2.45) is 0 Å². The standard InChI is InChI=1S/C28H53BrO2/c1-3-5-7-9-11-12-13-14-15-16-17-18-19-20-22-24-26-31-28(27-29)30-25-23-21-10-8-6-4-2/h11-12,14-15,28H,3-10,13,16-27H2,1-2H3. The van der Waals surface area contributed by atoms with Gasteiger partial charge in [0, 0.05) is 13.2 Å². The van der Waals surface area contributed by atoms with Crippen LogP contribution in [-0.2, 0) is 9.47 Å². The molecule has 0 spiro atoms. The van der Waals surface area contributed by atoms with Crippen molar-refractivity contribution in [1.82, 2.24) is 0 Å². The van der Waals surface area contributed by atoms with Crippen molar-refractivity contribution in [3.05, 3.63) is 24.3 Å². The summed E-state index contributed by atoms with van der Waals surface area (Å²) < 4.78 is 11.7. The van der Waals surface area contributed by atoms with Crippen LogP contribution in [0.4, 0.5) is 0 Å². The molecule has 0 radical (unpaired) electrons. The number of hydrogen-bond donors (Lipinski definition) is 0. The van der Waals surface area contributed by atoms with Crippen LogP contribution in [-0.4, -0.2) is 24.8 Å². The van der Waals surface area contributed by atoms with Gasteiger partial charge in [-0.15, -0.1) is 0 Å². The van der Waals surface area contributed by atoms with Gasteiger partial charge in [0.15, 0.2) is 6.29 Å². The molecule has 3 heteroatoms. The molecule has 0 heterocycles. The molecule has 184 valence electrons. The van der Waals surface area contributed by atoms with Crippen molar-refractivity contribution < 1.29 is 9.47 Å². The average molecular weight is 502 g/mol. The van der Waals surface area contributed by atoms with Gasteiger partial charge in [0.05, 0.1) is 5.33 Å². The summed E-state index contributed by atoms with van der Waals surface area (Å²) in [6.07, 6.45) is 32.4. The monoisotopic (exact) mass is 500 g/mol. The van der Waals surface area contributed by atoms with Gasteiger partial charge in [-0.1, -0.05) is 125 Å². The van der Waals surface area contributed by atoms with Crippen molar-refractivity contribution in [2.45, 2.75) is 136 Å². The minimum absolute atomic E-state index is 0.0754. The summed E-state index contributed by atoms with van der Waals surface area (Å²) in [5, 5.41) is 0.769. The average Bonchev–Trinajstić information content (AvgIpc) is 2.79. The SMILES string of the molecule is CCCCCC=CCC=CCCCCCCCCOC(CBr)OCCCCCCCC. The van der Waals surface area contributed by atoms with Crippen LogP contribution in [0.15, 0.2) is 24.3 Å². The summed E-state index contributed by atoms with van der Waals surface area (Å²) in [7, 11) is 0. The Bertz CT molecular complexity index is 381. The first-order valence-corrected chi connectivity index (χ1v) is 14.6. The van der Waals surface area contributed by atoms with Gasteiger partial charge in [-0.3, -0.25) is 0 Å². The summed E-state index contributed by atoms with van der Waals surface area (Å²) in [6, 6.07) is 0. The van der Waals surface area contributed by atoms with E-state index in [1.165, 1.54) is 96.3 Å². The highest BCUT2D eigenvalue weighted by Gasteiger charge is 2.06. The number of ether oxygens (including phenoxy) is 2. The van der Waals surface area contributed by atoms with Crippen LogP contribution in [0.2, 0.25) is 0 Å². The number of halogens is 1. The van der Waals surface area contributed by atoms with Crippen LogP contribution in [0.25, 0.3) is 0 Å². The molecular weight excluding hydrogens is 448 g/mol. The summed E-state index contributed by atoms with van der Waals surface area (Å²) in [6.45, 7) is 6.17. The minimum atomic E-state index is -0.0754. The molecule has 0 aromatic heterocycles. The molecule has 0 aromatic rings. The van der Waals surface area contributed by atoms with Crippen molar-refractivity contribution in [1.29, 1.82) is 0 Å². The Morgan fingerprint density at radius 1 is 0.548 bits per heavy atom. The molecule has 0 amide bonds. The number of alkyl halides is 1. The smallest absolute Gasteiger partial charge is 0.167 e. The van der Waals surface area contributed by atoms with Crippen molar-refractivity contribution in [3.8, 4) is 0 Å². The molecule has 0 saturated carbocycles. The fraction of sp³-hybridized carbons (Fsp3) is 0.857. The number of allylic oxidation sites excluding steroid dienone is 4. The van der Waals surface area contributed by atoms with Gasteiger partial charge in [0.25, 0.3) is 0 Å². The third-order valence-electron chi connectivity index (χ3n) is 5.58. The predicted octanol–water partition coefficient (Wildman–Crippen LogP) is 9.91. The van der Waals surface area contributed by atoms with Crippen LogP contribution in [0, 0.1) is 0 Å². The molecule has 0 saturated heterocycles. The Kier molecular flexibility index (Phi) is 27.8. The van der Waals surface area contributed by atoms with Crippen LogP contribution in [0.3, 0.4) is 0 Å². The number of unbranched alkanes of at least 4 members (excludes halogenated alkanes) is 14. The number of hydrogen-bond acceptors (Lipinski definition) is 2. The molecule has 2 nitrogen and oxygen atoms in total. The molecule has 0 rings (SSSR count). The molecule has 0 N–H and O–H groups in total. The van der Waals surface area contributed by atoms with Gasteiger partial charge in [-0.25, -0.2) is 0 Å².